The first-order valence-electron chi connectivity index (χ1n) is 8.10. The Labute approximate surface area is 131 Å². The van der Waals surface area contributed by atoms with Crippen LogP contribution in [-0.4, -0.2) is 58.4 Å². The first kappa shape index (κ1) is 15.4. The molecular weight excluding hydrogens is 282 g/mol. The zero-order valence-electron chi connectivity index (χ0n) is 13.4. The predicted molar refractivity (Wildman–Crippen MR) is 81.3 cm³/mol. The Balaban J connectivity index is 1.59. The van der Waals surface area contributed by atoms with E-state index in [0.717, 1.165) is 44.0 Å². The molecule has 2 aliphatic rings. The van der Waals surface area contributed by atoms with Crippen molar-refractivity contribution in [1.29, 1.82) is 0 Å². The van der Waals surface area contributed by atoms with Gasteiger partial charge in [0.1, 0.15) is 5.82 Å². The van der Waals surface area contributed by atoms with Crippen LogP contribution in [0.5, 0.6) is 0 Å². The lowest BCUT2D eigenvalue weighted by molar-refractivity contribution is -0.125. The van der Waals surface area contributed by atoms with E-state index >= 15 is 0 Å². The lowest BCUT2D eigenvalue weighted by atomic mass is 10.2. The lowest BCUT2D eigenvalue weighted by Crippen LogP contribution is -2.41. The number of likely N-dealkylation sites (N-methyl/N-ethyl adjacent to an activating group) is 1. The minimum absolute atomic E-state index is 0.0491. The molecule has 0 aliphatic carbocycles. The molecule has 1 N–H and O–H groups in total. The number of aromatic nitrogens is 3. The number of likely N-dealkylation sites (tertiary alicyclic amines) is 1. The molecule has 1 aromatic rings. The van der Waals surface area contributed by atoms with E-state index < -0.39 is 0 Å². The number of rotatable bonds is 4. The summed E-state index contributed by atoms with van der Waals surface area (Å²) in [6.07, 6.45) is 5.45. The fourth-order valence-electron chi connectivity index (χ4n) is 3.39. The van der Waals surface area contributed by atoms with E-state index in [2.05, 4.69) is 20.1 Å². The quantitative estimate of drug-likeness (QED) is 0.868. The summed E-state index contributed by atoms with van der Waals surface area (Å²) >= 11 is 0. The summed E-state index contributed by atoms with van der Waals surface area (Å²) < 4.78 is 7.52. The zero-order chi connectivity index (χ0) is 15.5. The van der Waals surface area contributed by atoms with Gasteiger partial charge in [0.15, 0.2) is 5.82 Å². The van der Waals surface area contributed by atoms with Crippen molar-refractivity contribution in [1.82, 2.24) is 25.0 Å². The molecule has 0 aromatic carbocycles. The van der Waals surface area contributed by atoms with Crippen LogP contribution in [0.15, 0.2) is 0 Å². The summed E-state index contributed by atoms with van der Waals surface area (Å²) in [5.74, 6) is 1.97. The van der Waals surface area contributed by atoms with Crippen LogP contribution < -0.4 is 5.32 Å². The summed E-state index contributed by atoms with van der Waals surface area (Å²) in [5, 5.41) is 11.5. The number of carbonyl (C=O) groups excluding carboxylic acids is 1. The van der Waals surface area contributed by atoms with Gasteiger partial charge in [-0.05, 0) is 26.3 Å². The fourth-order valence-corrected chi connectivity index (χ4v) is 3.39. The smallest absolute Gasteiger partial charge is 0.237 e. The van der Waals surface area contributed by atoms with Crippen LogP contribution in [0.3, 0.4) is 0 Å². The molecule has 3 rings (SSSR count). The average Bonchev–Trinajstić information content (AvgIpc) is 3.00. The molecule has 1 saturated heterocycles. The monoisotopic (exact) mass is 307 g/mol. The molecule has 22 heavy (non-hydrogen) atoms. The molecule has 0 radical (unpaired) electrons. The third-order valence-electron chi connectivity index (χ3n) is 4.75. The Hall–Kier alpha value is -1.47. The minimum atomic E-state index is -0.114. The minimum Gasteiger partial charge on any atom is -0.380 e. The molecule has 2 aliphatic heterocycles. The predicted octanol–water partition coefficient (Wildman–Crippen LogP) is 0.340. The Bertz CT molecular complexity index is 530. The Morgan fingerprint density at radius 3 is 3.00 bits per heavy atom. The van der Waals surface area contributed by atoms with Crippen molar-refractivity contribution < 1.29 is 9.53 Å². The number of carbonyl (C=O) groups is 1. The molecule has 122 valence electrons. The molecule has 2 atom stereocenters. The van der Waals surface area contributed by atoms with Crippen LogP contribution in [0.1, 0.15) is 37.3 Å². The van der Waals surface area contributed by atoms with E-state index in [1.54, 1.807) is 7.11 Å². The summed E-state index contributed by atoms with van der Waals surface area (Å²) in [4.78, 5) is 14.4. The number of fused-ring (bicyclic) bond motifs is 1. The molecule has 0 bridgehead atoms. The fraction of sp³-hybridized carbons (Fsp3) is 0.800. The standard InChI is InChI=1S/C15H25N5O2/c1-19-10-11(22-2)8-12(19)15(21)16-9-14-18-17-13-6-4-3-5-7-20(13)14/h11-12H,3-10H2,1-2H3,(H,16,21)/t11-,12-/m0/s1. The van der Waals surface area contributed by atoms with E-state index in [0.29, 0.717) is 6.54 Å². The summed E-state index contributed by atoms with van der Waals surface area (Å²) in [5.41, 5.74) is 0. The van der Waals surface area contributed by atoms with Gasteiger partial charge in [0, 0.05) is 26.6 Å². The molecule has 0 spiro atoms. The first-order chi connectivity index (χ1) is 10.7. The van der Waals surface area contributed by atoms with Gasteiger partial charge in [-0.15, -0.1) is 10.2 Å². The highest BCUT2D eigenvalue weighted by Crippen LogP contribution is 2.18. The number of aryl methyl sites for hydroxylation is 1. The van der Waals surface area contributed by atoms with Crippen molar-refractivity contribution >= 4 is 5.91 Å². The number of hydrogen-bond acceptors (Lipinski definition) is 5. The van der Waals surface area contributed by atoms with Crippen LogP contribution >= 0.6 is 0 Å². The van der Waals surface area contributed by atoms with Gasteiger partial charge in [0.25, 0.3) is 0 Å². The molecular formula is C15H25N5O2. The summed E-state index contributed by atoms with van der Waals surface area (Å²) in [7, 11) is 3.66. The molecule has 1 amide bonds. The lowest BCUT2D eigenvalue weighted by Gasteiger charge is -2.18. The van der Waals surface area contributed by atoms with Gasteiger partial charge < -0.3 is 14.6 Å². The molecule has 0 saturated carbocycles. The highest BCUT2D eigenvalue weighted by atomic mass is 16.5. The van der Waals surface area contributed by atoms with Crippen molar-refractivity contribution in [2.24, 2.45) is 0 Å². The number of hydrogen-bond donors (Lipinski definition) is 1. The van der Waals surface area contributed by atoms with Crippen LogP contribution in [0.4, 0.5) is 0 Å². The van der Waals surface area contributed by atoms with E-state index in [4.69, 9.17) is 4.74 Å². The number of amides is 1. The molecule has 1 fully saturated rings. The molecule has 7 heteroatoms. The van der Waals surface area contributed by atoms with Crippen molar-refractivity contribution in [3.05, 3.63) is 11.6 Å². The van der Waals surface area contributed by atoms with Crippen molar-refractivity contribution in [2.45, 2.75) is 57.3 Å². The maximum Gasteiger partial charge on any atom is 0.237 e. The Kier molecular flexibility index (Phi) is 4.73. The topological polar surface area (TPSA) is 72.3 Å². The van der Waals surface area contributed by atoms with Gasteiger partial charge in [-0.2, -0.15) is 0 Å². The van der Waals surface area contributed by atoms with Gasteiger partial charge in [0.05, 0.1) is 18.7 Å². The van der Waals surface area contributed by atoms with Crippen molar-refractivity contribution in [3.8, 4) is 0 Å². The van der Waals surface area contributed by atoms with Crippen LogP contribution in [-0.2, 0) is 29.0 Å². The van der Waals surface area contributed by atoms with Crippen molar-refractivity contribution in [3.63, 3.8) is 0 Å². The largest absolute Gasteiger partial charge is 0.380 e. The Morgan fingerprint density at radius 2 is 2.23 bits per heavy atom. The van der Waals surface area contributed by atoms with E-state index in [1.807, 2.05) is 11.9 Å². The van der Waals surface area contributed by atoms with Gasteiger partial charge in [-0.1, -0.05) is 6.42 Å². The second kappa shape index (κ2) is 6.75. The maximum absolute atomic E-state index is 12.4. The maximum atomic E-state index is 12.4. The Morgan fingerprint density at radius 1 is 1.36 bits per heavy atom. The summed E-state index contributed by atoms with van der Waals surface area (Å²) in [6, 6.07) is -0.114. The van der Waals surface area contributed by atoms with Crippen LogP contribution in [0, 0.1) is 0 Å². The molecule has 3 heterocycles. The molecule has 1 aromatic heterocycles. The number of ether oxygens (including phenoxy) is 1. The summed E-state index contributed by atoms with van der Waals surface area (Å²) in [6.45, 7) is 2.21. The number of methoxy groups -OCH3 is 1. The normalized spacial score (nSPS) is 25.7. The van der Waals surface area contributed by atoms with Crippen molar-refractivity contribution in [2.75, 3.05) is 20.7 Å². The van der Waals surface area contributed by atoms with E-state index in [1.165, 1.54) is 12.8 Å². The molecule has 0 unspecified atom stereocenters. The van der Waals surface area contributed by atoms with Gasteiger partial charge >= 0.3 is 0 Å². The second-order valence-electron chi connectivity index (χ2n) is 6.26. The average molecular weight is 307 g/mol. The molecule has 7 nitrogen and oxygen atoms in total. The third kappa shape index (κ3) is 3.15. The number of nitrogens with one attached hydrogen (secondary N) is 1. The van der Waals surface area contributed by atoms with Gasteiger partial charge in [0.2, 0.25) is 5.91 Å². The highest BCUT2D eigenvalue weighted by molar-refractivity contribution is 5.82. The first-order valence-corrected chi connectivity index (χ1v) is 8.10. The van der Waals surface area contributed by atoms with Gasteiger partial charge in [-0.3, -0.25) is 9.69 Å². The highest BCUT2D eigenvalue weighted by Gasteiger charge is 2.34. The van der Waals surface area contributed by atoms with Crippen LogP contribution in [0.25, 0.3) is 0 Å². The third-order valence-corrected chi connectivity index (χ3v) is 4.75. The van der Waals surface area contributed by atoms with Crippen LogP contribution in [0.2, 0.25) is 0 Å². The van der Waals surface area contributed by atoms with E-state index in [9.17, 15) is 4.79 Å². The second-order valence-corrected chi connectivity index (χ2v) is 6.26. The SMILES string of the molecule is CO[C@H]1C[C@@H](C(=O)NCc2nnc3n2CCCCC3)N(C)C1. The van der Waals surface area contributed by atoms with E-state index in [-0.39, 0.29) is 18.1 Å². The number of nitrogens with zero attached hydrogens (tertiary/aromatic N) is 4. The zero-order valence-corrected chi connectivity index (χ0v) is 13.4. The van der Waals surface area contributed by atoms with Gasteiger partial charge in [-0.25, -0.2) is 0 Å².